The number of ether oxygens (including phenoxy) is 10. The van der Waals surface area contributed by atoms with Gasteiger partial charge >= 0.3 is 6.09 Å². The van der Waals surface area contributed by atoms with Crippen LogP contribution in [0.5, 0.6) is 0 Å². The molecule has 32 nitrogen and oxygen atoms in total. The van der Waals surface area contributed by atoms with Crippen LogP contribution in [0.25, 0.3) is 0 Å². The average molecular weight is 2180 g/mol. The van der Waals surface area contributed by atoms with Crippen LogP contribution in [-0.2, 0) is 95.3 Å². The van der Waals surface area contributed by atoms with E-state index in [1.54, 1.807) is 49.1 Å². The number of nitrogens with zero attached hydrogens (tertiary/aromatic N) is 2. The summed E-state index contributed by atoms with van der Waals surface area (Å²) in [4.78, 5) is 127. The molecular weight excluding hydrogens is 1960 g/mol. The number of carbonyl (C=O) groups excluding carboxylic acids is 11. The Labute approximate surface area is 911 Å². The van der Waals surface area contributed by atoms with Crippen molar-refractivity contribution in [3.63, 3.8) is 0 Å². The highest BCUT2D eigenvalue weighted by Crippen LogP contribution is 2.26. The maximum atomic E-state index is 11.7. The first-order valence-corrected chi connectivity index (χ1v) is 60.6. The lowest BCUT2D eigenvalue weighted by atomic mass is 10.1. The third kappa shape index (κ3) is 102. The second-order valence-corrected chi connectivity index (χ2v) is 42.8. The van der Waals surface area contributed by atoms with Crippen LogP contribution in [0.1, 0.15) is 330 Å². The number of unbranched alkanes of at least 4 members (excludes halogenated alkanes) is 4. The zero-order chi connectivity index (χ0) is 110. The fourth-order valence-electron chi connectivity index (χ4n) is 11.9. The number of thioether (sulfide) groups is 5. The highest BCUT2D eigenvalue weighted by Gasteiger charge is 2.34. The van der Waals surface area contributed by atoms with Crippen LogP contribution in [0, 0.1) is 41.4 Å². The molecule has 0 bridgehead atoms. The Morgan fingerprint density at radius 1 is 0.349 bits per heavy atom. The van der Waals surface area contributed by atoms with Crippen molar-refractivity contribution in [2.75, 3.05) is 225 Å². The minimum atomic E-state index is -0.312. The van der Waals surface area contributed by atoms with E-state index in [4.69, 9.17) is 47.4 Å². The molecule has 0 saturated carbocycles. The smallest absolute Gasteiger partial charge is 0.407 e. The molecule has 0 aromatic heterocycles. The van der Waals surface area contributed by atoms with Crippen molar-refractivity contribution in [1.29, 1.82) is 0 Å². The van der Waals surface area contributed by atoms with Gasteiger partial charge in [0.15, 0.2) is 23.1 Å². The lowest BCUT2D eigenvalue weighted by Gasteiger charge is -2.20. The van der Waals surface area contributed by atoms with Gasteiger partial charge in [0.2, 0.25) is 35.4 Å². The minimum absolute atomic E-state index is 0. The SMILES string of the molecule is C.CCC(=O)NCCOCC(C)CC.CCCCCOCC(C)CC.CCCOCCN1CCSC1C(C)=O.CCCOCCNC(=O)C1CSC(C(C)=O)N1.CCN1CCSC1C(C)=O.CCNC(=O)C1CSC(C(C)=O)N1.CCNC(=O)CCC(=O)NCCCCCOCC(C)CC.CCNC(=O)CCSCCCOC(COCC(C)CC)COCC(C)CC.CCNC(=O)OCC(C)CC.CCOCC(C)CC. The van der Waals surface area contributed by atoms with E-state index in [1.165, 1.54) is 69.5 Å². The molecule has 13 atom stereocenters. The molecule has 0 aromatic carbocycles. The normalized spacial score (nSPS) is 17.5. The highest BCUT2D eigenvalue weighted by molar-refractivity contribution is 8.01. The van der Waals surface area contributed by atoms with Gasteiger partial charge in [0, 0.05) is 199 Å². The van der Waals surface area contributed by atoms with Gasteiger partial charge in [-0.05, 0) is 161 Å². The first-order chi connectivity index (χ1) is 69.4. The van der Waals surface area contributed by atoms with Gasteiger partial charge in [-0.15, -0.1) is 47.0 Å². The lowest BCUT2D eigenvalue weighted by Crippen LogP contribution is -2.46. The first kappa shape index (κ1) is 155. The number of hydrogen-bond acceptors (Lipinski definition) is 30. The van der Waals surface area contributed by atoms with Crippen LogP contribution in [0.2, 0.25) is 0 Å². The van der Waals surface area contributed by atoms with Gasteiger partial charge < -0.3 is 84.6 Å². The molecule has 0 aliphatic carbocycles. The number of hydrogen-bond donors (Lipinski definition) is 9. The summed E-state index contributed by atoms with van der Waals surface area (Å²) >= 11 is 8.28. The number of Topliss-reactive ketones (excluding diaryl/α,β-unsaturated/α-hetero) is 4. The number of likely N-dealkylation sites (N-methyl/N-ethyl adjacent to an activating group) is 2. The Kier molecular flexibility index (Phi) is 120. The first-order valence-electron chi connectivity index (χ1n) is 55.3. The van der Waals surface area contributed by atoms with Gasteiger partial charge in [-0.2, -0.15) is 11.8 Å². The molecule has 4 rings (SSSR count). The van der Waals surface area contributed by atoms with Gasteiger partial charge in [0.25, 0.3) is 0 Å². The van der Waals surface area contributed by atoms with Crippen LogP contribution in [0.3, 0.4) is 0 Å². The molecule has 4 fully saturated rings. The molecule has 13 unspecified atom stereocenters. The Hall–Kier alpha value is -4.00. The maximum Gasteiger partial charge on any atom is 0.407 e. The topological polar surface area (TPSA) is 395 Å². The van der Waals surface area contributed by atoms with Crippen molar-refractivity contribution in [2.45, 2.75) is 369 Å². The maximum absolute atomic E-state index is 11.7. The van der Waals surface area contributed by atoms with Crippen molar-refractivity contribution >= 4 is 123 Å². The Morgan fingerprint density at radius 3 is 1.16 bits per heavy atom. The summed E-state index contributed by atoms with van der Waals surface area (Å²) < 4.78 is 54.8. The predicted octanol–water partition coefficient (Wildman–Crippen LogP) is 17.9. The van der Waals surface area contributed by atoms with Gasteiger partial charge in [-0.3, -0.25) is 68.4 Å². The molecule has 4 aliphatic heterocycles. The molecule has 0 aromatic rings. The van der Waals surface area contributed by atoms with Gasteiger partial charge in [-0.25, -0.2) is 4.79 Å². The Morgan fingerprint density at radius 2 is 0.747 bits per heavy atom. The van der Waals surface area contributed by atoms with E-state index in [0.717, 1.165) is 211 Å². The predicted molar refractivity (Wildman–Crippen MR) is 615 cm³/mol. The summed E-state index contributed by atoms with van der Waals surface area (Å²) in [7, 11) is 0. The zero-order valence-corrected chi connectivity index (χ0v) is 101. The van der Waals surface area contributed by atoms with Gasteiger partial charge in [0.1, 0.15) is 27.6 Å². The van der Waals surface area contributed by atoms with Crippen molar-refractivity contribution in [2.24, 2.45) is 41.4 Å². The van der Waals surface area contributed by atoms with Crippen LogP contribution < -0.4 is 47.9 Å². The van der Waals surface area contributed by atoms with E-state index in [0.29, 0.717) is 145 Å². The molecule has 4 saturated heterocycles. The summed E-state index contributed by atoms with van der Waals surface area (Å²) in [6.07, 6.45) is 19.3. The number of ketones is 4. The fraction of sp³-hybridized carbons (Fsp3) is 0.899. The van der Waals surface area contributed by atoms with Crippen LogP contribution in [0.15, 0.2) is 0 Å². The molecule has 4 heterocycles. The largest absolute Gasteiger partial charge is 0.449 e. The van der Waals surface area contributed by atoms with E-state index >= 15 is 0 Å². The third-order valence-electron chi connectivity index (χ3n) is 22.7. The molecule has 37 heteroatoms. The van der Waals surface area contributed by atoms with Gasteiger partial charge in [-0.1, -0.05) is 197 Å². The van der Waals surface area contributed by atoms with Crippen molar-refractivity contribution in [3.8, 4) is 0 Å². The van der Waals surface area contributed by atoms with E-state index in [2.05, 4.69) is 175 Å². The number of nitrogens with one attached hydrogen (secondary N) is 9. The molecule has 868 valence electrons. The Bertz CT molecular complexity index is 3040. The number of amides is 7. The second kappa shape index (κ2) is 114. The highest BCUT2D eigenvalue weighted by atomic mass is 32.2. The van der Waals surface area contributed by atoms with Crippen molar-refractivity contribution in [3.05, 3.63) is 0 Å². The molecular formula is C109H221N11O21S5. The third-order valence-corrected chi connectivity index (χ3v) is 29.2. The summed E-state index contributed by atoms with van der Waals surface area (Å²) in [5.74, 6) is 10.4. The Balaban J connectivity index is -0.000000299. The minimum Gasteiger partial charge on any atom is -0.449 e. The van der Waals surface area contributed by atoms with E-state index in [-0.39, 0.29) is 119 Å². The molecule has 146 heavy (non-hydrogen) atoms. The molecule has 4 aliphatic rings. The quantitative estimate of drug-likeness (QED) is 0.0255. The molecule has 7 amide bonds. The van der Waals surface area contributed by atoms with E-state index in [1.807, 2.05) is 48.5 Å². The summed E-state index contributed by atoms with van der Waals surface area (Å²) in [5, 5.41) is 25.0. The standard InChI is InChI=1S/C21H43NO4S.C16H32N2O3.C11H20N2O3S.C10H19NO2S.C10H21NO2.C10H22O.C8H14N2O2S.C8H17NO2.C7H13NOS.C7H16O.CH4/c1-6-18(4)14-24-16-20(17-25-15-19(5)7-2)26-11-9-12-27-13-10-21(23)22-8-3;1-4-14(3)13-21-12-8-6-7-11-18-16(20)10-9-15(19)17-5-2;1-3-5-16-6-4-12-10(15)9-7-17-11(13-9)8(2)14;1-3-6-13-7-4-11-5-8-14-10(11)9(2)12;1-4-9(3)8-13-7-6-11-10(12)5-2;1-4-6-7-8-11-9-10(3)5-2;1-3-9-7(12)6-4-13-8(10-6)5(2)11;1-4-7(3)6-11-8(10)9-5-2;1-3-8-4-5-10-7(8)6(2)9;1-4-7(3)6-8-5-2;/h18-20H,6-17H2,1-5H3,(H,22,23);14H,4-13H2,1-3H3,(H,17,19)(H,18,20);9,11,13H,3-7H2,1-2H3,(H,12,15);10H,3-8H2,1-2H3;9H,4-8H2,1-3H3,(H,11,12);10H,4-9H2,1-3H3;6,8,10H,3-4H2,1-2H3,(H,9,12);7H,4-6H2,1-3H3,(H,9,10);7H,3-5H2,1-2H3;7H,4-6H2,1-3H3;1H4. The second-order valence-electron chi connectivity index (χ2n) is 36.9. The lowest BCUT2D eigenvalue weighted by molar-refractivity contribution is -0.126. The van der Waals surface area contributed by atoms with Crippen molar-refractivity contribution < 1.29 is 100 Å². The van der Waals surface area contributed by atoms with Crippen LogP contribution >= 0.6 is 58.8 Å². The van der Waals surface area contributed by atoms with E-state index in [9.17, 15) is 52.7 Å². The molecule has 9 N–H and O–H groups in total. The number of carbonyl (C=O) groups is 11. The van der Waals surface area contributed by atoms with Crippen molar-refractivity contribution in [1.82, 2.24) is 57.7 Å². The zero-order valence-electron chi connectivity index (χ0n) is 96.5. The summed E-state index contributed by atoms with van der Waals surface area (Å²) in [6.45, 7) is 78.6. The monoisotopic (exact) mass is 2180 g/mol. The van der Waals surface area contributed by atoms with Crippen LogP contribution in [-0.4, -0.2) is 340 Å². The average Bonchev–Trinajstić information content (AvgIpc) is 1.75. The molecule has 0 spiro atoms. The van der Waals surface area contributed by atoms with Gasteiger partial charge in [0.05, 0.1) is 51.7 Å². The summed E-state index contributed by atoms with van der Waals surface area (Å²) in [6, 6.07) is -0.473. The number of rotatable bonds is 72. The number of alkyl carbamates (subject to hydrolysis) is 1. The molecule has 0 radical (unpaired) electrons. The fourth-order valence-corrected chi connectivity index (χ4v) is 17.5. The summed E-state index contributed by atoms with van der Waals surface area (Å²) in [5.41, 5.74) is 0. The van der Waals surface area contributed by atoms with Crippen LogP contribution in [0.4, 0.5) is 4.79 Å². The van der Waals surface area contributed by atoms with E-state index < -0.39 is 0 Å².